The van der Waals surface area contributed by atoms with E-state index < -0.39 is 0 Å². The van der Waals surface area contributed by atoms with Gasteiger partial charge in [0, 0.05) is 11.3 Å². The Kier molecular flexibility index (Phi) is 2.34. The van der Waals surface area contributed by atoms with Crippen molar-refractivity contribution in [2.75, 3.05) is 5.73 Å². The Hall–Kier alpha value is -2.21. The maximum atomic E-state index is 5.70. The van der Waals surface area contributed by atoms with E-state index in [1.54, 1.807) is 17.8 Å². The first-order chi connectivity index (χ1) is 8.33. The van der Waals surface area contributed by atoms with Crippen LogP contribution in [0.4, 0.5) is 5.69 Å². The van der Waals surface area contributed by atoms with Crippen LogP contribution in [0.5, 0.6) is 0 Å². The Morgan fingerprint density at radius 2 is 2.24 bits per heavy atom. The highest BCUT2D eigenvalue weighted by Gasteiger charge is 2.11. The van der Waals surface area contributed by atoms with Crippen LogP contribution in [0.2, 0.25) is 0 Å². The predicted molar refractivity (Wildman–Crippen MR) is 65.3 cm³/mol. The number of nitrogens with two attached hydrogens (primary N) is 1. The van der Waals surface area contributed by atoms with Crippen molar-refractivity contribution in [1.29, 1.82) is 0 Å². The predicted octanol–water partition coefficient (Wildman–Crippen LogP) is 2.44. The van der Waals surface area contributed by atoms with Gasteiger partial charge in [0.15, 0.2) is 0 Å². The molecule has 0 aliphatic rings. The molecule has 0 bridgehead atoms. The maximum Gasteiger partial charge on any atom is 0.269 e. The van der Waals surface area contributed by atoms with Crippen molar-refractivity contribution in [1.82, 2.24) is 15.1 Å². The second-order valence-corrected chi connectivity index (χ2v) is 4.30. The molecular weight excluding hydrogens is 236 g/mol. The normalized spacial score (nSPS) is 10.6. The fraction of sp³-hybridized carbons (Fsp3) is 0. The zero-order chi connectivity index (χ0) is 11.7. The summed E-state index contributed by atoms with van der Waals surface area (Å²) in [6.45, 7) is 0. The summed E-state index contributed by atoms with van der Waals surface area (Å²) in [6, 6.07) is 7.36. The molecule has 0 radical (unpaired) electrons. The molecule has 0 spiro atoms. The van der Waals surface area contributed by atoms with E-state index in [-0.39, 0.29) is 0 Å². The molecule has 84 valence electrons. The van der Waals surface area contributed by atoms with Crippen LogP contribution in [0.15, 0.2) is 40.5 Å². The lowest BCUT2D eigenvalue weighted by Crippen LogP contribution is -1.86. The molecule has 0 aliphatic carbocycles. The van der Waals surface area contributed by atoms with E-state index in [1.807, 2.05) is 18.2 Å². The summed E-state index contributed by atoms with van der Waals surface area (Å²) in [5.41, 5.74) is 8.94. The van der Waals surface area contributed by atoms with E-state index in [1.165, 1.54) is 11.3 Å². The molecule has 5 nitrogen and oxygen atoms in total. The molecule has 3 aromatic rings. The first-order valence-corrected chi connectivity index (χ1v) is 5.79. The number of rotatable bonds is 2. The third kappa shape index (κ3) is 1.90. The zero-order valence-electron chi connectivity index (χ0n) is 8.70. The van der Waals surface area contributed by atoms with Crippen molar-refractivity contribution in [3.63, 3.8) is 0 Å². The molecule has 2 heterocycles. The molecule has 3 rings (SSSR count). The molecule has 6 heteroatoms. The minimum atomic E-state index is 0.477. The monoisotopic (exact) mass is 244 g/mol. The standard InChI is InChI=1S/C11H8N4OS/c12-8-3-1-2-7(4-8)10-14-11(16-15-10)9-5-13-6-17-9/h1-6H,12H2. The molecule has 17 heavy (non-hydrogen) atoms. The van der Waals surface area contributed by atoms with Gasteiger partial charge in [0.05, 0.1) is 11.7 Å². The summed E-state index contributed by atoms with van der Waals surface area (Å²) < 4.78 is 5.17. The summed E-state index contributed by atoms with van der Waals surface area (Å²) in [4.78, 5) is 9.12. The van der Waals surface area contributed by atoms with Crippen molar-refractivity contribution >= 4 is 17.0 Å². The molecule has 2 aromatic heterocycles. The van der Waals surface area contributed by atoms with Crippen LogP contribution in [0.3, 0.4) is 0 Å². The summed E-state index contributed by atoms with van der Waals surface area (Å²) in [5, 5.41) is 3.92. The highest BCUT2D eigenvalue weighted by molar-refractivity contribution is 7.13. The Balaban J connectivity index is 2.01. The van der Waals surface area contributed by atoms with Crippen molar-refractivity contribution in [3.05, 3.63) is 36.0 Å². The number of thiazole rings is 1. The first kappa shape index (κ1) is 9.98. The van der Waals surface area contributed by atoms with E-state index in [2.05, 4.69) is 15.1 Å². The topological polar surface area (TPSA) is 77.8 Å². The quantitative estimate of drug-likeness (QED) is 0.700. The zero-order valence-corrected chi connectivity index (χ0v) is 9.52. The minimum absolute atomic E-state index is 0.477. The van der Waals surface area contributed by atoms with Crippen molar-refractivity contribution in [2.45, 2.75) is 0 Å². The molecule has 0 atom stereocenters. The molecule has 0 fully saturated rings. The van der Waals surface area contributed by atoms with E-state index in [0.29, 0.717) is 17.4 Å². The number of aromatic nitrogens is 3. The molecule has 0 saturated heterocycles. The third-order valence-electron chi connectivity index (χ3n) is 2.21. The van der Waals surface area contributed by atoms with E-state index in [0.717, 1.165) is 10.4 Å². The second kappa shape index (κ2) is 3.99. The summed E-state index contributed by atoms with van der Waals surface area (Å²) in [5.74, 6) is 1.01. The number of benzene rings is 1. The lowest BCUT2D eigenvalue weighted by molar-refractivity contribution is 0.433. The maximum absolute atomic E-state index is 5.70. The number of hydrogen-bond acceptors (Lipinski definition) is 6. The van der Waals surface area contributed by atoms with Crippen LogP contribution in [-0.4, -0.2) is 15.1 Å². The average molecular weight is 244 g/mol. The Morgan fingerprint density at radius 1 is 1.29 bits per heavy atom. The first-order valence-electron chi connectivity index (χ1n) is 4.91. The van der Waals surface area contributed by atoms with Crippen molar-refractivity contribution in [2.24, 2.45) is 0 Å². The number of hydrogen-bond donors (Lipinski definition) is 1. The Labute approximate surface area is 101 Å². The van der Waals surface area contributed by atoms with E-state index >= 15 is 0 Å². The van der Waals surface area contributed by atoms with Gasteiger partial charge in [-0.2, -0.15) is 4.98 Å². The third-order valence-corrected chi connectivity index (χ3v) is 2.98. The van der Waals surface area contributed by atoms with Gasteiger partial charge in [0.2, 0.25) is 5.82 Å². The van der Waals surface area contributed by atoms with Gasteiger partial charge in [-0.05, 0) is 12.1 Å². The van der Waals surface area contributed by atoms with Crippen LogP contribution in [-0.2, 0) is 0 Å². The number of nitrogen functional groups attached to an aromatic ring is 1. The molecule has 0 unspecified atom stereocenters. The van der Waals surface area contributed by atoms with Crippen LogP contribution in [0.25, 0.3) is 22.2 Å². The number of anilines is 1. The highest BCUT2D eigenvalue weighted by Crippen LogP contribution is 2.25. The van der Waals surface area contributed by atoms with Crippen molar-refractivity contribution < 1.29 is 4.52 Å². The largest absolute Gasteiger partial charge is 0.399 e. The summed E-state index contributed by atoms with van der Waals surface area (Å²) in [6.07, 6.45) is 1.70. The van der Waals surface area contributed by atoms with Crippen molar-refractivity contribution in [3.8, 4) is 22.2 Å². The molecule has 0 amide bonds. The van der Waals surface area contributed by atoms with Gasteiger partial charge >= 0.3 is 0 Å². The van der Waals surface area contributed by atoms with Gasteiger partial charge in [-0.25, -0.2) is 0 Å². The lowest BCUT2D eigenvalue weighted by Gasteiger charge is -1.95. The molecule has 0 aliphatic heterocycles. The van der Waals surface area contributed by atoms with Crippen LogP contribution >= 0.6 is 11.3 Å². The van der Waals surface area contributed by atoms with Gasteiger partial charge in [-0.3, -0.25) is 4.98 Å². The van der Waals surface area contributed by atoms with Crippen LogP contribution in [0, 0.1) is 0 Å². The van der Waals surface area contributed by atoms with Gasteiger partial charge in [0.1, 0.15) is 4.88 Å². The average Bonchev–Trinajstić information content (AvgIpc) is 3.00. The lowest BCUT2D eigenvalue weighted by atomic mass is 10.2. The van der Waals surface area contributed by atoms with Gasteiger partial charge in [-0.15, -0.1) is 11.3 Å². The Bertz CT molecular complexity index is 632. The Morgan fingerprint density at radius 3 is 3.00 bits per heavy atom. The summed E-state index contributed by atoms with van der Waals surface area (Å²) >= 11 is 1.46. The highest BCUT2D eigenvalue weighted by atomic mass is 32.1. The molecular formula is C11H8N4OS. The van der Waals surface area contributed by atoms with Crippen LogP contribution < -0.4 is 5.73 Å². The fourth-order valence-corrected chi connectivity index (χ4v) is 1.98. The fourth-order valence-electron chi connectivity index (χ4n) is 1.44. The van der Waals surface area contributed by atoms with E-state index in [9.17, 15) is 0 Å². The summed E-state index contributed by atoms with van der Waals surface area (Å²) in [7, 11) is 0. The molecule has 2 N–H and O–H groups in total. The smallest absolute Gasteiger partial charge is 0.269 e. The van der Waals surface area contributed by atoms with Gasteiger partial charge < -0.3 is 10.3 Å². The second-order valence-electron chi connectivity index (χ2n) is 3.41. The van der Waals surface area contributed by atoms with Gasteiger partial charge in [-0.1, -0.05) is 17.3 Å². The van der Waals surface area contributed by atoms with Gasteiger partial charge in [0.25, 0.3) is 5.89 Å². The molecule has 0 saturated carbocycles. The van der Waals surface area contributed by atoms with Crippen LogP contribution in [0.1, 0.15) is 0 Å². The number of nitrogens with zero attached hydrogens (tertiary/aromatic N) is 3. The SMILES string of the molecule is Nc1cccc(-c2noc(-c3cncs3)n2)c1. The molecule has 1 aromatic carbocycles. The van der Waals surface area contributed by atoms with E-state index in [4.69, 9.17) is 10.3 Å². The minimum Gasteiger partial charge on any atom is -0.399 e.